The molecule has 0 spiro atoms. The van der Waals surface area contributed by atoms with Crippen LogP contribution in [0.15, 0.2) is 30.3 Å². The Kier molecular flexibility index (Phi) is 4.88. The predicted molar refractivity (Wildman–Crippen MR) is 80.9 cm³/mol. The van der Waals surface area contributed by atoms with Crippen LogP contribution in [0.5, 0.6) is 0 Å². The highest BCUT2D eigenvalue weighted by Gasteiger charge is 2.56. The molecule has 1 atom stereocenters. The molecule has 0 heterocycles. The van der Waals surface area contributed by atoms with Gasteiger partial charge in [-0.05, 0) is 32.3 Å². The monoisotopic (exact) mass is 309 g/mol. The molecule has 0 radical (unpaired) electrons. The van der Waals surface area contributed by atoms with Crippen molar-refractivity contribution in [2.75, 3.05) is 6.61 Å². The first-order valence-corrected chi connectivity index (χ1v) is 7.60. The third-order valence-corrected chi connectivity index (χ3v) is 4.20. The molecule has 1 aliphatic rings. The Morgan fingerprint density at radius 2 is 2.00 bits per heavy atom. The van der Waals surface area contributed by atoms with E-state index in [9.17, 15) is 9.59 Å². The van der Waals surface area contributed by atoms with E-state index in [2.05, 4.69) is 5.32 Å². The van der Waals surface area contributed by atoms with E-state index in [0.717, 1.165) is 5.56 Å². The number of amides is 1. The van der Waals surface area contributed by atoms with Gasteiger partial charge < -0.3 is 10.1 Å². The first-order chi connectivity index (χ1) is 9.99. The molecule has 1 aromatic rings. The number of alkyl halides is 1. The number of carbonyl (C=O) groups excluding carboxylic acids is 2. The first-order valence-electron chi connectivity index (χ1n) is 7.17. The first kappa shape index (κ1) is 15.8. The van der Waals surface area contributed by atoms with Crippen LogP contribution >= 0.6 is 11.6 Å². The summed E-state index contributed by atoms with van der Waals surface area (Å²) in [6, 6.07) is 9.45. The van der Waals surface area contributed by atoms with E-state index in [1.165, 1.54) is 0 Å². The number of hydrogen-bond acceptors (Lipinski definition) is 3. The molecule has 1 fully saturated rings. The third-order valence-electron chi connectivity index (χ3n) is 3.89. The molecular formula is C16H20ClNO3. The highest BCUT2D eigenvalue weighted by atomic mass is 35.5. The van der Waals surface area contributed by atoms with Crippen LogP contribution in [0.3, 0.4) is 0 Å². The molecule has 5 heteroatoms. The van der Waals surface area contributed by atoms with Crippen molar-refractivity contribution < 1.29 is 14.3 Å². The Hall–Kier alpha value is -1.55. The maximum absolute atomic E-state index is 12.5. The number of halogens is 1. The van der Waals surface area contributed by atoms with E-state index < -0.39 is 11.4 Å². The summed E-state index contributed by atoms with van der Waals surface area (Å²) in [5.41, 5.74) is -0.127. The van der Waals surface area contributed by atoms with Crippen LogP contribution in [0, 0.1) is 5.41 Å². The summed E-state index contributed by atoms with van der Waals surface area (Å²) in [6.07, 6.45) is 0.668. The van der Waals surface area contributed by atoms with Gasteiger partial charge in [-0.25, -0.2) is 0 Å². The number of nitrogens with one attached hydrogen (secondary N) is 1. The maximum atomic E-state index is 12.5. The molecule has 0 aromatic heterocycles. The molecular weight excluding hydrogens is 290 g/mol. The summed E-state index contributed by atoms with van der Waals surface area (Å²) in [4.78, 5) is 24.6. The molecule has 1 N–H and O–H groups in total. The molecule has 1 amide bonds. The Morgan fingerprint density at radius 1 is 1.38 bits per heavy atom. The molecule has 4 nitrogen and oxygen atoms in total. The van der Waals surface area contributed by atoms with Gasteiger partial charge >= 0.3 is 5.97 Å². The number of hydrogen-bond donors (Lipinski definition) is 1. The average Bonchev–Trinajstić information content (AvgIpc) is 2.44. The van der Waals surface area contributed by atoms with Crippen LogP contribution in [-0.2, 0) is 14.3 Å². The van der Waals surface area contributed by atoms with Crippen LogP contribution in [0.25, 0.3) is 0 Å². The summed E-state index contributed by atoms with van der Waals surface area (Å²) < 4.78 is 5.05. The SMILES string of the molecule is CCOC(=O)C1(C(=O)NC(C)c2ccccc2)CC(Cl)C1. The number of rotatable bonds is 5. The van der Waals surface area contributed by atoms with Crippen molar-refractivity contribution in [1.82, 2.24) is 5.32 Å². The Labute approximate surface area is 129 Å². The lowest BCUT2D eigenvalue weighted by Gasteiger charge is -2.41. The van der Waals surface area contributed by atoms with Crippen molar-refractivity contribution in [2.45, 2.75) is 38.1 Å². The molecule has 114 valence electrons. The van der Waals surface area contributed by atoms with Gasteiger partial charge in [-0.2, -0.15) is 0 Å². The molecule has 1 aromatic carbocycles. The van der Waals surface area contributed by atoms with E-state index in [1.807, 2.05) is 37.3 Å². The van der Waals surface area contributed by atoms with E-state index in [0.29, 0.717) is 12.8 Å². The lowest BCUT2D eigenvalue weighted by molar-refractivity contribution is -0.167. The third kappa shape index (κ3) is 3.21. The zero-order chi connectivity index (χ0) is 15.5. The van der Waals surface area contributed by atoms with Gasteiger partial charge in [0.25, 0.3) is 0 Å². The summed E-state index contributed by atoms with van der Waals surface area (Å²) in [7, 11) is 0. The summed E-state index contributed by atoms with van der Waals surface area (Å²) in [6.45, 7) is 3.88. The van der Waals surface area contributed by atoms with Crippen LogP contribution in [0.2, 0.25) is 0 Å². The molecule has 0 saturated heterocycles. The standard InChI is InChI=1S/C16H20ClNO3/c1-3-21-15(20)16(9-13(17)10-16)14(19)18-11(2)12-7-5-4-6-8-12/h4-8,11,13H,3,9-10H2,1-2H3,(H,18,19). The van der Waals surface area contributed by atoms with Gasteiger partial charge in [0.1, 0.15) is 5.41 Å². The van der Waals surface area contributed by atoms with Gasteiger partial charge in [0.2, 0.25) is 5.91 Å². The van der Waals surface area contributed by atoms with Gasteiger partial charge in [0.05, 0.1) is 12.6 Å². The van der Waals surface area contributed by atoms with E-state index in [4.69, 9.17) is 16.3 Å². The molecule has 1 unspecified atom stereocenters. The average molecular weight is 310 g/mol. The highest BCUT2D eigenvalue weighted by molar-refractivity contribution is 6.23. The quantitative estimate of drug-likeness (QED) is 0.517. The second-order valence-corrected chi connectivity index (χ2v) is 6.03. The smallest absolute Gasteiger partial charge is 0.321 e. The fourth-order valence-corrected chi connectivity index (χ4v) is 3.10. The molecule has 0 bridgehead atoms. The summed E-state index contributed by atoms with van der Waals surface area (Å²) in [5, 5.41) is 2.75. The van der Waals surface area contributed by atoms with E-state index in [1.54, 1.807) is 6.92 Å². The lowest BCUT2D eigenvalue weighted by atomic mass is 9.67. The van der Waals surface area contributed by atoms with Crippen molar-refractivity contribution >= 4 is 23.5 Å². The Morgan fingerprint density at radius 3 is 2.52 bits per heavy atom. The number of ether oxygens (including phenoxy) is 1. The van der Waals surface area contributed by atoms with Crippen LogP contribution in [0.4, 0.5) is 0 Å². The molecule has 1 aliphatic carbocycles. The fraction of sp³-hybridized carbons (Fsp3) is 0.500. The Balaban J connectivity index is 2.08. The van der Waals surface area contributed by atoms with Gasteiger partial charge in [-0.15, -0.1) is 11.6 Å². The van der Waals surface area contributed by atoms with Crippen LogP contribution < -0.4 is 5.32 Å². The van der Waals surface area contributed by atoms with E-state index >= 15 is 0 Å². The number of carbonyl (C=O) groups is 2. The van der Waals surface area contributed by atoms with Gasteiger partial charge in [-0.1, -0.05) is 30.3 Å². The Bertz CT molecular complexity index is 512. The molecule has 0 aliphatic heterocycles. The minimum atomic E-state index is -1.12. The van der Waals surface area contributed by atoms with Crippen molar-refractivity contribution in [3.63, 3.8) is 0 Å². The molecule has 2 rings (SSSR count). The van der Waals surface area contributed by atoms with Crippen molar-refractivity contribution in [1.29, 1.82) is 0 Å². The summed E-state index contributed by atoms with van der Waals surface area (Å²) in [5.74, 6) is -0.770. The normalized spacial score (nSPS) is 25.6. The van der Waals surface area contributed by atoms with Gasteiger partial charge in [-0.3, -0.25) is 9.59 Å². The number of esters is 1. The predicted octanol–water partition coefficient (Wildman–Crippen LogP) is 2.81. The molecule has 21 heavy (non-hydrogen) atoms. The minimum Gasteiger partial charge on any atom is -0.465 e. The van der Waals surface area contributed by atoms with Crippen LogP contribution in [-0.4, -0.2) is 23.9 Å². The fourth-order valence-electron chi connectivity index (χ4n) is 2.57. The van der Waals surface area contributed by atoms with Gasteiger partial charge in [0.15, 0.2) is 0 Å². The number of benzene rings is 1. The lowest BCUT2D eigenvalue weighted by Crippen LogP contribution is -2.56. The second kappa shape index (κ2) is 6.48. The zero-order valence-electron chi connectivity index (χ0n) is 12.3. The van der Waals surface area contributed by atoms with Crippen molar-refractivity contribution in [2.24, 2.45) is 5.41 Å². The van der Waals surface area contributed by atoms with Crippen LogP contribution in [0.1, 0.15) is 38.3 Å². The minimum absolute atomic E-state index is 0.146. The highest BCUT2D eigenvalue weighted by Crippen LogP contribution is 2.46. The second-order valence-electron chi connectivity index (χ2n) is 5.41. The van der Waals surface area contributed by atoms with E-state index in [-0.39, 0.29) is 23.9 Å². The molecule has 1 saturated carbocycles. The zero-order valence-corrected chi connectivity index (χ0v) is 13.0. The van der Waals surface area contributed by atoms with Gasteiger partial charge in [0, 0.05) is 5.38 Å². The topological polar surface area (TPSA) is 55.4 Å². The van der Waals surface area contributed by atoms with Crippen molar-refractivity contribution in [3.8, 4) is 0 Å². The maximum Gasteiger partial charge on any atom is 0.321 e. The van der Waals surface area contributed by atoms with Crippen molar-refractivity contribution in [3.05, 3.63) is 35.9 Å². The largest absolute Gasteiger partial charge is 0.465 e. The summed E-state index contributed by atoms with van der Waals surface area (Å²) >= 11 is 5.99.